The number of ether oxygens (including phenoxy) is 2. The van der Waals surface area contributed by atoms with Crippen molar-refractivity contribution in [1.82, 2.24) is 15.7 Å². The summed E-state index contributed by atoms with van der Waals surface area (Å²) in [6.07, 6.45) is -5.56. The number of anilines is 1. The van der Waals surface area contributed by atoms with Crippen LogP contribution >= 0.6 is 0 Å². The second kappa shape index (κ2) is 15.3. The average Bonchev–Trinajstić information content (AvgIpc) is 3.01. The Morgan fingerprint density at radius 1 is 0.957 bits per heavy atom. The van der Waals surface area contributed by atoms with E-state index in [0.29, 0.717) is 28.3 Å². The molecule has 18 heteroatoms. The van der Waals surface area contributed by atoms with Gasteiger partial charge in [0, 0.05) is 16.8 Å². The fourth-order valence-corrected chi connectivity index (χ4v) is 4.69. The number of nitrogen functional groups attached to an aromatic ring is 1. The highest BCUT2D eigenvalue weighted by atomic mass is 32.2. The highest BCUT2D eigenvalue weighted by Crippen LogP contribution is 2.33. The third-order valence-corrected chi connectivity index (χ3v) is 7.16. The minimum absolute atomic E-state index is 0.175. The van der Waals surface area contributed by atoms with E-state index in [4.69, 9.17) is 20.6 Å². The lowest BCUT2D eigenvalue weighted by Crippen LogP contribution is -2.45. The zero-order chi connectivity index (χ0) is 34.9. The lowest BCUT2D eigenvalue weighted by molar-refractivity contribution is -0.204. The minimum Gasteiger partial charge on any atom is -0.490 e. The van der Waals surface area contributed by atoms with Gasteiger partial charge < -0.3 is 25.4 Å². The third-order valence-electron chi connectivity index (χ3n) is 5.92. The third kappa shape index (κ3) is 10.1. The van der Waals surface area contributed by atoms with Crippen molar-refractivity contribution in [2.45, 2.75) is 44.0 Å². The number of benzene rings is 3. The lowest BCUT2D eigenvalue weighted by Gasteiger charge is -2.22. The number of nitrogens with two attached hydrogens (primary N) is 1. The minimum atomic E-state index is -5.38. The van der Waals surface area contributed by atoms with Crippen LogP contribution in [-0.4, -0.2) is 50.9 Å². The molecule has 252 valence electrons. The number of sulfonamides is 1. The summed E-state index contributed by atoms with van der Waals surface area (Å²) in [6, 6.07) is 13.6. The Balaban J connectivity index is 1.86. The molecule has 0 saturated carbocycles. The van der Waals surface area contributed by atoms with Crippen LogP contribution in [0.1, 0.15) is 48.3 Å². The second-order valence-electron chi connectivity index (χ2n) is 9.82. The molecule has 0 aliphatic rings. The summed E-state index contributed by atoms with van der Waals surface area (Å²) in [5.41, 5.74) is 9.61. The topological polar surface area (TPSA) is 211 Å². The molecule has 2 amide bonds. The van der Waals surface area contributed by atoms with Gasteiger partial charge in [-0.1, -0.05) is 12.1 Å². The molecule has 3 aromatic carbocycles. The molecule has 3 aromatic rings. The molecular formula is C29H31F3N6O8S. The summed E-state index contributed by atoms with van der Waals surface area (Å²) >= 11 is 0. The number of amides is 2. The van der Waals surface area contributed by atoms with Crippen molar-refractivity contribution in [2.24, 2.45) is 5.73 Å². The molecule has 0 aliphatic carbocycles. The predicted molar refractivity (Wildman–Crippen MR) is 162 cm³/mol. The number of alkyl halides is 3. The molecule has 1 unspecified atom stereocenters. The summed E-state index contributed by atoms with van der Waals surface area (Å²) in [5, 5.41) is 10.6. The quantitative estimate of drug-likeness (QED) is 0.0882. The fraction of sp³-hybridized carbons (Fsp3) is 0.241. The van der Waals surface area contributed by atoms with E-state index in [-0.39, 0.29) is 18.5 Å². The molecule has 0 saturated heterocycles. The van der Waals surface area contributed by atoms with E-state index in [2.05, 4.69) is 15.6 Å². The highest BCUT2D eigenvalue weighted by Gasteiger charge is 2.42. The first-order valence-corrected chi connectivity index (χ1v) is 15.1. The number of hydrogen-bond donors (Lipinski definition) is 6. The van der Waals surface area contributed by atoms with Crippen LogP contribution in [-0.2, 0) is 24.4 Å². The van der Waals surface area contributed by atoms with Gasteiger partial charge in [0.2, 0.25) is 0 Å². The summed E-state index contributed by atoms with van der Waals surface area (Å²) < 4.78 is 74.6. The zero-order valence-electron chi connectivity index (χ0n) is 25.1. The number of hydroxylamine groups is 1. The molecule has 14 nitrogen and oxygen atoms in total. The maximum absolute atomic E-state index is 13.5. The van der Waals surface area contributed by atoms with Crippen molar-refractivity contribution in [3.63, 3.8) is 0 Å². The number of carbonyl (C=O) groups excluding carboxylic acids is 3. The van der Waals surface area contributed by atoms with Crippen LogP contribution in [0.4, 0.5) is 18.9 Å². The smallest absolute Gasteiger partial charge is 0.490 e. The van der Waals surface area contributed by atoms with E-state index in [9.17, 15) is 36.0 Å². The van der Waals surface area contributed by atoms with Gasteiger partial charge in [-0.3, -0.25) is 20.4 Å². The van der Waals surface area contributed by atoms with Crippen molar-refractivity contribution >= 4 is 39.3 Å². The molecule has 0 aromatic heterocycles. The first-order chi connectivity index (χ1) is 22.0. The summed E-state index contributed by atoms with van der Waals surface area (Å²) in [7, 11) is -4.57. The maximum atomic E-state index is 13.5. The average molecular weight is 681 g/mol. The Bertz CT molecular complexity index is 1730. The van der Waals surface area contributed by atoms with Gasteiger partial charge in [-0.05, 0) is 80.9 Å². The normalized spacial score (nSPS) is 12.1. The lowest BCUT2D eigenvalue weighted by atomic mass is 10.0. The van der Waals surface area contributed by atoms with Gasteiger partial charge in [0.05, 0.1) is 17.6 Å². The van der Waals surface area contributed by atoms with Crippen LogP contribution in [0, 0.1) is 5.41 Å². The SMILES string of the molecule is CCOc1cc(C(Nc2ccc(C(=N)N)cc2)C(=O)NNS(=O)(=O)c2cccc(C(=O)NOC(=O)C(F)(F)F)c2)ccc1OC(C)C. The molecule has 0 radical (unpaired) electrons. The molecule has 0 spiro atoms. The zero-order valence-corrected chi connectivity index (χ0v) is 25.9. The molecule has 0 bridgehead atoms. The molecule has 47 heavy (non-hydrogen) atoms. The molecule has 0 fully saturated rings. The van der Waals surface area contributed by atoms with Crippen molar-refractivity contribution < 1.29 is 50.3 Å². The van der Waals surface area contributed by atoms with Crippen LogP contribution in [0.25, 0.3) is 0 Å². The standard InChI is InChI=1S/C29H31F3N6O8S/c1-4-44-23-15-18(10-13-22(23)45-16(2)3)24(35-20-11-8-17(9-12-20)25(33)34)27(40)36-38-47(42,43)21-7-5-6-19(14-21)26(39)37-46-28(41)29(30,31)32/h5-16,24,35,38H,4H2,1-3H3,(H3,33,34)(H,36,40)(H,37,39). The van der Waals surface area contributed by atoms with Gasteiger partial charge >= 0.3 is 12.1 Å². The van der Waals surface area contributed by atoms with Crippen molar-refractivity contribution in [1.29, 1.82) is 5.41 Å². The first kappa shape index (κ1) is 36.1. The van der Waals surface area contributed by atoms with Gasteiger partial charge in [0.1, 0.15) is 11.9 Å². The monoisotopic (exact) mass is 680 g/mol. The Hall–Kier alpha value is -5.36. The first-order valence-electron chi connectivity index (χ1n) is 13.7. The number of rotatable bonds is 13. The number of carbonyl (C=O) groups is 3. The number of amidine groups is 1. The molecule has 0 aliphatic heterocycles. The predicted octanol–water partition coefficient (Wildman–Crippen LogP) is 3.07. The molecule has 1 atom stereocenters. The Kier molecular flexibility index (Phi) is 11.7. The van der Waals surface area contributed by atoms with E-state index < -0.39 is 50.5 Å². The van der Waals surface area contributed by atoms with Crippen LogP contribution in [0.2, 0.25) is 0 Å². The number of halogens is 3. The Labute approximate surface area is 267 Å². The van der Waals surface area contributed by atoms with Gasteiger partial charge in [0.25, 0.3) is 21.8 Å². The summed E-state index contributed by atoms with van der Waals surface area (Å²) in [5.74, 6) is -4.37. The molecule has 0 heterocycles. The highest BCUT2D eigenvalue weighted by molar-refractivity contribution is 7.89. The van der Waals surface area contributed by atoms with E-state index >= 15 is 0 Å². The number of hydrazine groups is 1. The van der Waals surface area contributed by atoms with Gasteiger partial charge in [-0.25, -0.2) is 13.2 Å². The van der Waals surface area contributed by atoms with E-state index in [1.807, 2.05) is 18.7 Å². The fourth-order valence-electron chi connectivity index (χ4n) is 3.80. The van der Waals surface area contributed by atoms with E-state index in [0.717, 1.165) is 24.3 Å². The molecular weight excluding hydrogens is 649 g/mol. The van der Waals surface area contributed by atoms with Gasteiger partial charge in [0.15, 0.2) is 11.5 Å². The Morgan fingerprint density at radius 2 is 1.64 bits per heavy atom. The van der Waals surface area contributed by atoms with Crippen molar-refractivity contribution in [3.05, 3.63) is 83.4 Å². The van der Waals surface area contributed by atoms with Crippen molar-refractivity contribution in [2.75, 3.05) is 11.9 Å². The molecule has 3 rings (SSSR count). The number of nitrogens with one attached hydrogen (secondary N) is 5. The molecule has 7 N–H and O–H groups in total. The van der Waals surface area contributed by atoms with E-state index in [1.54, 1.807) is 49.4 Å². The van der Waals surface area contributed by atoms with E-state index in [1.165, 1.54) is 5.48 Å². The number of hydrogen-bond acceptors (Lipinski definition) is 10. The Morgan fingerprint density at radius 3 is 2.23 bits per heavy atom. The maximum Gasteiger partial charge on any atom is 0.493 e. The second-order valence-corrected chi connectivity index (χ2v) is 11.5. The largest absolute Gasteiger partial charge is 0.493 e. The van der Waals surface area contributed by atoms with Crippen LogP contribution in [0.15, 0.2) is 71.6 Å². The summed E-state index contributed by atoms with van der Waals surface area (Å²) in [6.45, 7) is 5.68. The van der Waals surface area contributed by atoms with Crippen molar-refractivity contribution in [3.8, 4) is 11.5 Å². The van der Waals surface area contributed by atoms with Crippen LogP contribution in [0.5, 0.6) is 11.5 Å². The van der Waals surface area contributed by atoms with Crippen LogP contribution in [0.3, 0.4) is 0 Å². The van der Waals surface area contributed by atoms with Gasteiger partial charge in [-0.15, -0.1) is 4.83 Å². The van der Waals surface area contributed by atoms with Crippen LogP contribution < -0.4 is 36.3 Å². The summed E-state index contributed by atoms with van der Waals surface area (Å²) in [4.78, 5) is 41.6. The van der Waals surface area contributed by atoms with Gasteiger partial charge in [-0.2, -0.15) is 18.7 Å².